The van der Waals surface area contributed by atoms with Gasteiger partial charge in [-0.1, -0.05) is 13.8 Å². The molecule has 0 saturated carbocycles. The molecule has 1 heterocycles. The van der Waals surface area contributed by atoms with Crippen molar-refractivity contribution in [3.05, 3.63) is 54.4 Å². The maximum Gasteiger partial charge on any atom is 0.251 e. The molecule has 0 atom stereocenters. The van der Waals surface area contributed by atoms with Gasteiger partial charge in [-0.15, -0.1) is 0 Å². The monoisotopic (exact) mass is 256 g/mol. The highest BCUT2D eigenvalue weighted by atomic mass is 16.1. The van der Waals surface area contributed by atoms with Crippen molar-refractivity contribution in [1.82, 2.24) is 9.88 Å². The number of carbonyl (C=O) groups excluding carboxylic acids is 1. The predicted molar refractivity (Wildman–Crippen MR) is 77.6 cm³/mol. The molecule has 100 valence electrons. The lowest BCUT2D eigenvalue weighted by atomic mass is 10.1. The number of nitrogens with one attached hydrogen (secondary N) is 1. The van der Waals surface area contributed by atoms with E-state index in [1.807, 2.05) is 53.4 Å². The van der Waals surface area contributed by atoms with Crippen molar-refractivity contribution < 1.29 is 4.79 Å². The van der Waals surface area contributed by atoms with E-state index < -0.39 is 0 Å². The Morgan fingerprint density at radius 1 is 1.16 bits per heavy atom. The van der Waals surface area contributed by atoms with Crippen LogP contribution in [0.25, 0.3) is 5.69 Å². The number of carbonyl (C=O) groups is 1. The highest BCUT2D eigenvalue weighted by Gasteiger charge is 2.05. The molecular formula is C16H20N2O. The van der Waals surface area contributed by atoms with Crippen LogP contribution in [0.4, 0.5) is 0 Å². The van der Waals surface area contributed by atoms with Crippen LogP contribution in [-0.4, -0.2) is 17.0 Å². The maximum absolute atomic E-state index is 11.9. The molecule has 19 heavy (non-hydrogen) atoms. The molecule has 0 spiro atoms. The molecule has 0 aliphatic carbocycles. The van der Waals surface area contributed by atoms with Gasteiger partial charge in [0.2, 0.25) is 0 Å². The number of aromatic nitrogens is 1. The van der Waals surface area contributed by atoms with E-state index in [1.165, 1.54) is 0 Å². The van der Waals surface area contributed by atoms with Gasteiger partial charge in [-0.05, 0) is 48.7 Å². The van der Waals surface area contributed by atoms with Crippen molar-refractivity contribution in [2.75, 3.05) is 6.54 Å². The molecule has 1 N–H and O–H groups in total. The van der Waals surface area contributed by atoms with Crippen LogP contribution in [-0.2, 0) is 0 Å². The fourth-order valence-corrected chi connectivity index (χ4v) is 1.87. The smallest absolute Gasteiger partial charge is 0.251 e. The quantitative estimate of drug-likeness (QED) is 0.875. The standard InChI is InChI=1S/C16H20N2O/c1-13(2)9-10-17-16(19)14-5-7-15(8-6-14)18-11-3-4-12-18/h3-8,11-13H,9-10H2,1-2H3,(H,17,19). The fourth-order valence-electron chi connectivity index (χ4n) is 1.87. The van der Waals surface area contributed by atoms with Gasteiger partial charge in [0.15, 0.2) is 0 Å². The number of hydrogen-bond acceptors (Lipinski definition) is 1. The average Bonchev–Trinajstić information content (AvgIpc) is 2.92. The van der Waals surface area contributed by atoms with Crippen molar-refractivity contribution in [1.29, 1.82) is 0 Å². The van der Waals surface area contributed by atoms with E-state index in [-0.39, 0.29) is 5.91 Å². The topological polar surface area (TPSA) is 34.0 Å². The number of hydrogen-bond donors (Lipinski definition) is 1. The van der Waals surface area contributed by atoms with Gasteiger partial charge in [0.05, 0.1) is 0 Å². The minimum absolute atomic E-state index is 0.000272. The van der Waals surface area contributed by atoms with Gasteiger partial charge >= 0.3 is 0 Å². The summed E-state index contributed by atoms with van der Waals surface area (Å²) in [6, 6.07) is 11.6. The molecule has 1 aromatic carbocycles. The lowest BCUT2D eigenvalue weighted by Gasteiger charge is -2.08. The Morgan fingerprint density at radius 2 is 1.79 bits per heavy atom. The third-order valence-corrected chi connectivity index (χ3v) is 3.04. The Labute approximate surface area is 114 Å². The normalized spacial score (nSPS) is 10.7. The van der Waals surface area contributed by atoms with Crippen molar-refractivity contribution in [3.8, 4) is 5.69 Å². The molecule has 2 rings (SSSR count). The number of benzene rings is 1. The van der Waals surface area contributed by atoms with Crippen LogP contribution in [0.2, 0.25) is 0 Å². The summed E-state index contributed by atoms with van der Waals surface area (Å²) in [6.45, 7) is 5.03. The minimum Gasteiger partial charge on any atom is -0.352 e. The molecule has 3 heteroatoms. The molecule has 1 aromatic heterocycles. The first-order valence-corrected chi connectivity index (χ1v) is 6.68. The molecule has 0 radical (unpaired) electrons. The molecule has 0 unspecified atom stereocenters. The van der Waals surface area contributed by atoms with E-state index in [1.54, 1.807) is 0 Å². The van der Waals surface area contributed by atoms with E-state index in [9.17, 15) is 4.79 Å². The van der Waals surface area contributed by atoms with Crippen LogP contribution in [0.1, 0.15) is 30.6 Å². The SMILES string of the molecule is CC(C)CCNC(=O)c1ccc(-n2cccc2)cc1. The minimum atomic E-state index is -0.000272. The Hall–Kier alpha value is -2.03. The van der Waals surface area contributed by atoms with Crippen LogP contribution in [0.3, 0.4) is 0 Å². The Kier molecular flexibility index (Phi) is 4.39. The molecule has 3 nitrogen and oxygen atoms in total. The van der Waals surface area contributed by atoms with Gasteiger partial charge in [0.25, 0.3) is 5.91 Å². The van der Waals surface area contributed by atoms with Crippen LogP contribution in [0.5, 0.6) is 0 Å². The van der Waals surface area contributed by atoms with E-state index >= 15 is 0 Å². The van der Waals surface area contributed by atoms with Crippen molar-refractivity contribution >= 4 is 5.91 Å². The lowest BCUT2D eigenvalue weighted by molar-refractivity contribution is 0.0952. The second-order valence-electron chi connectivity index (χ2n) is 5.08. The summed E-state index contributed by atoms with van der Waals surface area (Å²) in [5, 5.41) is 2.94. The van der Waals surface area contributed by atoms with Crippen LogP contribution in [0.15, 0.2) is 48.8 Å². The summed E-state index contributed by atoms with van der Waals surface area (Å²) in [5.41, 5.74) is 1.77. The second kappa shape index (κ2) is 6.23. The van der Waals surface area contributed by atoms with Gasteiger partial charge in [-0.2, -0.15) is 0 Å². The van der Waals surface area contributed by atoms with Gasteiger partial charge in [-0.25, -0.2) is 0 Å². The van der Waals surface area contributed by atoms with Gasteiger partial charge in [0, 0.05) is 30.2 Å². The molecule has 0 saturated heterocycles. The third kappa shape index (κ3) is 3.71. The van der Waals surface area contributed by atoms with Crippen LogP contribution in [0, 0.1) is 5.92 Å². The summed E-state index contributed by atoms with van der Waals surface area (Å²) < 4.78 is 2.01. The highest BCUT2D eigenvalue weighted by molar-refractivity contribution is 5.94. The summed E-state index contributed by atoms with van der Waals surface area (Å²) in [7, 11) is 0. The Bertz CT molecular complexity index is 512. The van der Waals surface area contributed by atoms with Gasteiger partial charge in [-0.3, -0.25) is 4.79 Å². The largest absolute Gasteiger partial charge is 0.352 e. The van der Waals surface area contributed by atoms with Crippen LogP contribution >= 0.6 is 0 Å². The first-order valence-electron chi connectivity index (χ1n) is 6.68. The lowest BCUT2D eigenvalue weighted by Crippen LogP contribution is -2.25. The first kappa shape index (κ1) is 13.4. The number of nitrogens with zero attached hydrogens (tertiary/aromatic N) is 1. The highest BCUT2D eigenvalue weighted by Crippen LogP contribution is 2.10. The molecule has 0 bridgehead atoms. The fraction of sp³-hybridized carbons (Fsp3) is 0.312. The van der Waals surface area contributed by atoms with Gasteiger partial charge < -0.3 is 9.88 Å². The summed E-state index contributed by atoms with van der Waals surface area (Å²) in [4.78, 5) is 11.9. The number of amides is 1. The molecule has 0 aliphatic rings. The molecule has 1 amide bonds. The average molecular weight is 256 g/mol. The van der Waals surface area contributed by atoms with Crippen molar-refractivity contribution in [2.45, 2.75) is 20.3 Å². The third-order valence-electron chi connectivity index (χ3n) is 3.04. The summed E-state index contributed by atoms with van der Waals surface area (Å²) in [5.74, 6) is 0.608. The summed E-state index contributed by atoms with van der Waals surface area (Å²) in [6.07, 6.45) is 4.97. The zero-order valence-corrected chi connectivity index (χ0v) is 11.5. The van der Waals surface area contributed by atoms with E-state index in [0.29, 0.717) is 11.5 Å². The summed E-state index contributed by atoms with van der Waals surface area (Å²) >= 11 is 0. The molecular weight excluding hydrogens is 236 g/mol. The van der Waals surface area contributed by atoms with E-state index in [0.717, 1.165) is 18.7 Å². The van der Waals surface area contributed by atoms with Crippen molar-refractivity contribution in [2.24, 2.45) is 5.92 Å². The van der Waals surface area contributed by atoms with E-state index in [2.05, 4.69) is 19.2 Å². The predicted octanol–water partition coefficient (Wildman–Crippen LogP) is 3.25. The Morgan fingerprint density at radius 3 is 2.37 bits per heavy atom. The number of rotatable bonds is 5. The second-order valence-corrected chi connectivity index (χ2v) is 5.08. The first-order chi connectivity index (χ1) is 9.16. The molecule has 0 fully saturated rings. The Balaban J connectivity index is 1.96. The zero-order chi connectivity index (χ0) is 13.7. The van der Waals surface area contributed by atoms with Crippen molar-refractivity contribution in [3.63, 3.8) is 0 Å². The molecule has 2 aromatic rings. The van der Waals surface area contributed by atoms with E-state index in [4.69, 9.17) is 0 Å². The molecule has 0 aliphatic heterocycles. The van der Waals surface area contributed by atoms with Gasteiger partial charge in [0.1, 0.15) is 0 Å². The maximum atomic E-state index is 11.9. The zero-order valence-electron chi connectivity index (χ0n) is 11.5. The van der Waals surface area contributed by atoms with Crippen LogP contribution < -0.4 is 5.32 Å².